The average molecular weight is 236 g/mol. The van der Waals surface area contributed by atoms with Crippen LogP contribution in [0.2, 0.25) is 0 Å². The van der Waals surface area contributed by atoms with Crippen molar-refractivity contribution in [3.63, 3.8) is 0 Å². The van der Waals surface area contributed by atoms with E-state index in [9.17, 15) is 9.50 Å². The highest BCUT2D eigenvalue weighted by Gasteiger charge is 2.22. The lowest BCUT2D eigenvalue weighted by molar-refractivity contribution is 0.102. The molecule has 0 aliphatic heterocycles. The van der Waals surface area contributed by atoms with Gasteiger partial charge in [-0.3, -0.25) is 0 Å². The predicted molar refractivity (Wildman–Crippen MR) is 67.4 cm³/mol. The molecule has 1 N–H and O–H groups in total. The molecule has 0 bridgehead atoms. The van der Waals surface area contributed by atoms with Crippen molar-refractivity contribution in [2.45, 2.75) is 51.6 Å². The molecule has 1 atom stereocenters. The van der Waals surface area contributed by atoms with Crippen LogP contribution in [0, 0.1) is 18.7 Å². The van der Waals surface area contributed by atoms with Gasteiger partial charge < -0.3 is 5.11 Å². The van der Waals surface area contributed by atoms with Crippen molar-refractivity contribution >= 4 is 0 Å². The third-order valence-corrected chi connectivity index (χ3v) is 3.96. The molecule has 94 valence electrons. The smallest absolute Gasteiger partial charge is 0.123 e. The summed E-state index contributed by atoms with van der Waals surface area (Å²) in [5.41, 5.74) is 2.15. The Hall–Kier alpha value is -0.890. The van der Waals surface area contributed by atoms with Crippen molar-refractivity contribution < 1.29 is 9.50 Å². The highest BCUT2D eigenvalue weighted by atomic mass is 19.1. The van der Waals surface area contributed by atoms with Gasteiger partial charge in [-0.25, -0.2) is 4.39 Å². The van der Waals surface area contributed by atoms with Crippen LogP contribution in [0.3, 0.4) is 0 Å². The van der Waals surface area contributed by atoms with Gasteiger partial charge in [0.15, 0.2) is 0 Å². The molecule has 0 saturated heterocycles. The fourth-order valence-corrected chi connectivity index (χ4v) is 2.82. The van der Waals surface area contributed by atoms with E-state index < -0.39 is 0 Å². The number of hydrogen-bond acceptors (Lipinski definition) is 1. The molecule has 1 aromatic carbocycles. The number of halogens is 1. The van der Waals surface area contributed by atoms with Gasteiger partial charge in [-0.1, -0.05) is 18.9 Å². The summed E-state index contributed by atoms with van der Waals surface area (Å²) in [5.74, 6) is 0.318. The highest BCUT2D eigenvalue weighted by Crippen LogP contribution is 2.29. The number of aryl methyl sites for hydroxylation is 2. The van der Waals surface area contributed by atoms with E-state index in [4.69, 9.17) is 0 Å². The molecule has 1 saturated carbocycles. The van der Waals surface area contributed by atoms with Gasteiger partial charge in [-0.15, -0.1) is 0 Å². The van der Waals surface area contributed by atoms with E-state index >= 15 is 0 Å². The van der Waals surface area contributed by atoms with Crippen LogP contribution >= 0.6 is 0 Å². The molecule has 1 fully saturated rings. The Morgan fingerprint density at radius 1 is 1.35 bits per heavy atom. The molecule has 1 unspecified atom stereocenters. The molecule has 0 radical (unpaired) electrons. The molecular formula is C15H21FO. The Morgan fingerprint density at radius 3 is 2.71 bits per heavy atom. The molecule has 1 nitrogen and oxygen atoms in total. The predicted octanol–water partition coefficient (Wildman–Crippen LogP) is 3.62. The van der Waals surface area contributed by atoms with E-state index in [1.54, 1.807) is 6.07 Å². The molecule has 0 heterocycles. The lowest BCUT2D eigenvalue weighted by Crippen LogP contribution is -2.18. The molecule has 2 heteroatoms. The van der Waals surface area contributed by atoms with Crippen LogP contribution in [-0.4, -0.2) is 11.2 Å². The van der Waals surface area contributed by atoms with E-state index in [0.717, 1.165) is 24.0 Å². The Kier molecular flexibility index (Phi) is 4.16. The summed E-state index contributed by atoms with van der Waals surface area (Å²) in [6.45, 7) is 1.93. The maximum absolute atomic E-state index is 12.9. The number of rotatable bonds is 4. The van der Waals surface area contributed by atoms with Crippen LogP contribution in [0.5, 0.6) is 0 Å². The maximum atomic E-state index is 12.9. The number of benzene rings is 1. The van der Waals surface area contributed by atoms with Crippen LogP contribution in [0.1, 0.15) is 43.2 Å². The fraction of sp³-hybridized carbons (Fsp3) is 0.600. The summed E-state index contributed by atoms with van der Waals surface area (Å²) in [5, 5.41) is 10.1. The standard InChI is InChI=1S/C15H21FO/c1-11-10-14(16)8-6-12(11)7-9-15(17)13-4-2-3-5-13/h6,8,10,13,15,17H,2-5,7,9H2,1H3. The topological polar surface area (TPSA) is 20.2 Å². The van der Waals surface area contributed by atoms with Gasteiger partial charge in [-0.05, 0) is 61.8 Å². The van der Waals surface area contributed by atoms with Gasteiger partial charge in [-0.2, -0.15) is 0 Å². The Balaban J connectivity index is 1.88. The number of aliphatic hydroxyl groups is 1. The SMILES string of the molecule is Cc1cc(F)ccc1CCC(O)C1CCCC1. The fourth-order valence-electron chi connectivity index (χ4n) is 2.82. The first kappa shape index (κ1) is 12.6. The van der Waals surface area contributed by atoms with E-state index in [1.165, 1.54) is 31.7 Å². The molecule has 17 heavy (non-hydrogen) atoms. The minimum Gasteiger partial charge on any atom is -0.393 e. The second-order valence-corrected chi connectivity index (χ2v) is 5.22. The Bertz CT molecular complexity index is 369. The second-order valence-electron chi connectivity index (χ2n) is 5.22. The van der Waals surface area contributed by atoms with Crippen LogP contribution in [0.4, 0.5) is 4.39 Å². The van der Waals surface area contributed by atoms with Crippen molar-refractivity contribution in [2.24, 2.45) is 5.92 Å². The molecule has 2 rings (SSSR count). The van der Waals surface area contributed by atoms with Crippen molar-refractivity contribution in [1.82, 2.24) is 0 Å². The first-order chi connectivity index (χ1) is 8.16. The van der Waals surface area contributed by atoms with Gasteiger partial charge in [0, 0.05) is 0 Å². The molecule has 0 aromatic heterocycles. The molecule has 1 aliphatic carbocycles. The van der Waals surface area contributed by atoms with E-state index in [1.807, 2.05) is 13.0 Å². The second kappa shape index (κ2) is 5.63. The molecular weight excluding hydrogens is 215 g/mol. The molecule has 0 spiro atoms. The average Bonchev–Trinajstić information content (AvgIpc) is 2.81. The maximum Gasteiger partial charge on any atom is 0.123 e. The summed E-state index contributed by atoms with van der Waals surface area (Å²) in [6.07, 6.45) is 6.34. The minimum atomic E-state index is -0.179. The number of aliphatic hydroxyl groups excluding tert-OH is 1. The van der Waals surface area contributed by atoms with Crippen molar-refractivity contribution in [3.05, 3.63) is 35.1 Å². The highest BCUT2D eigenvalue weighted by molar-refractivity contribution is 5.26. The van der Waals surface area contributed by atoms with Gasteiger partial charge in [0.2, 0.25) is 0 Å². The van der Waals surface area contributed by atoms with Crippen molar-refractivity contribution in [2.75, 3.05) is 0 Å². The summed E-state index contributed by atoms with van der Waals surface area (Å²) in [7, 11) is 0. The zero-order chi connectivity index (χ0) is 12.3. The first-order valence-electron chi connectivity index (χ1n) is 6.60. The largest absolute Gasteiger partial charge is 0.393 e. The van der Waals surface area contributed by atoms with Gasteiger partial charge in [0.1, 0.15) is 5.82 Å². The summed E-state index contributed by atoms with van der Waals surface area (Å²) in [6, 6.07) is 4.91. The normalized spacial score (nSPS) is 18.5. The van der Waals surface area contributed by atoms with Gasteiger partial charge >= 0.3 is 0 Å². The minimum absolute atomic E-state index is 0.178. The van der Waals surface area contributed by atoms with Crippen LogP contribution in [0.25, 0.3) is 0 Å². The van der Waals surface area contributed by atoms with E-state index in [-0.39, 0.29) is 11.9 Å². The lowest BCUT2D eigenvalue weighted by Gasteiger charge is -2.17. The van der Waals surface area contributed by atoms with Crippen LogP contribution in [0.15, 0.2) is 18.2 Å². The van der Waals surface area contributed by atoms with Gasteiger partial charge in [0.25, 0.3) is 0 Å². The molecule has 0 amide bonds. The first-order valence-corrected chi connectivity index (χ1v) is 6.60. The lowest BCUT2D eigenvalue weighted by atomic mass is 9.94. The quantitative estimate of drug-likeness (QED) is 0.846. The third-order valence-electron chi connectivity index (χ3n) is 3.96. The van der Waals surface area contributed by atoms with Crippen molar-refractivity contribution in [1.29, 1.82) is 0 Å². The zero-order valence-corrected chi connectivity index (χ0v) is 10.5. The van der Waals surface area contributed by atoms with Crippen molar-refractivity contribution in [3.8, 4) is 0 Å². The van der Waals surface area contributed by atoms with E-state index in [0.29, 0.717) is 5.92 Å². The van der Waals surface area contributed by atoms with E-state index in [2.05, 4.69) is 0 Å². The Morgan fingerprint density at radius 2 is 2.06 bits per heavy atom. The van der Waals surface area contributed by atoms with Crippen LogP contribution in [-0.2, 0) is 6.42 Å². The number of hydrogen-bond donors (Lipinski definition) is 1. The molecule has 1 aromatic rings. The molecule has 1 aliphatic rings. The monoisotopic (exact) mass is 236 g/mol. The van der Waals surface area contributed by atoms with Gasteiger partial charge in [0.05, 0.1) is 6.10 Å². The summed E-state index contributed by atoms with van der Waals surface area (Å²) in [4.78, 5) is 0. The third kappa shape index (κ3) is 3.29. The van der Waals surface area contributed by atoms with Crippen LogP contribution < -0.4 is 0 Å². The summed E-state index contributed by atoms with van der Waals surface area (Å²) >= 11 is 0. The Labute approximate surface area is 103 Å². The summed E-state index contributed by atoms with van der Waals surface area (Å²) < 4.78 is 12.9. The zero-order valence-electron chi connectivity index (χ0n) is 10.5.